The molecule has 0 heterocycles. The molecule has 2 N–H and O–H groups in total. The molecular weight excluding hydrogens is 512 g/mol. The van der Waals surface area contributed by atoms with Gasteiger partial charge in [-0.05, 0) is 136 Å². The summed E-state index contributed by atoms with van der Waals surface area (Å²) in [6.45, 7) is 22.6. The van der Waals surface area contributed by atoms with Crippen molar-refractivity contribution >= 4 is 11.9 Å². The number of rotatable bonds is 6. The van der Waals surface area contributed by atoms with Gasteiger partial charge in [0.15, 0.2) is 0 Å². The van der Waals surface area contributed by atoms with Crippen LogP contribution < -0.4 is 0 Å². The Morgan fingerprint density at radius 3 is 2.17 bits per heavy atom. The van der Waals surface area contributed by atoms with Gasteiger partial charge in [0, 0.05) is 12.0 Å². The number of carbonyl (C=O) groups is 2. The minimum absolute atomic E-state index is 0.0806. The number of aliphatic hydroxyl groups excluding tert-OH is 1. The van der Waals surface area contributed by atoms with E-state index in [1.54, 1.807) is 13.8 Å². The monoisotopic (exact) mass is 570 g/mol. The van der Waals surface area contributed by atoms with Crippen LogP contribution in [0.3, 0.4) is 0 Å². The summed E-state index contributed by atoms with van der Waals surface area (Å²) < 4.78 is 6.12. The van der Waals surface area contributed by atoms with Crippen LogP contribution in [0.1, 0.15) is 126 Å². The maximum Gasteiger partial charge on any atom is 0.309 e. The summed E-state index contributed by atoms with van der Waals surface area (Å²) in [6.07, 6.45) is 11.2. The average molecular weight is 571 g/mol. The van der Waals surface area contributed by atoms with Crippen molar-refractivity contribution in [3.05, 3.63) is 12.2 Å². The Bertz CT molecular complexity index is 1090. The van der Waals surface area contributed by atoms with Crippen molar-refractivity contribution in [1.29, 1.82) is 0 Å². The summed E-state index contributed by atoms with van der Waals surface area (Å²) in [4.78, 5) is 24.6. The van der Waals surface area contributed by atoms with Crippen LogP contribution in [0.25, 0.3) is 0 Å². The van der Waals surface area contributed by atoms with Crippen LogP contribution in [0.5, 0.6) is 0 Å². The molecule has 5 saturated carbocycles. The first kappa shape index (κ1) is 31.1. The Kier molecular flexibility index (Phi) is 7.45. The number of carboxylic acids is 1. The summed E-state index contributed by atoms with van der Waals surface area (Å²) >= 11 is 0. The largest absolute Gasteiger partial charge is 0.481 e. The molecule has 0 aromatic heterocycles. The Balaban J connectivity index is 1.41. The topological polar surface area (TPSA) is 83.8 Å². The van der Waals surface area contributed by atoms with Crippen molar-refractivity contribution < 1.29 is 24.5 Å². The molecule has 0 bridgehead atoms. The SMILES string of the molecule is C=C(C)[C@@H]1CC[C@]2(CO)CC[C@]3(C)C(CCC4[C@@]5(C)CC[C@H](OC(=O)CC(C)(C)C(=O)O)C(C)(C)C5CC[C@]43C)C12. The molecule has 0 saturated heterocycles. The number of hydrogen-bond donors (Lipinski definition) is 2. The molecule has 4 unspecified atom stereocenters. The second-order valence-electron chi connectivity index (χ2n) is 17.4. The first-order chi connectivity index (χ1) is 18.9. The van der Waals surface area contributed by atoms with Crippen molar-refractivity contribution in [1.82, 2.24) is 0 Å². The van der Waals surface area contributed by atoms with Gasteiger partial charge in [0.05, 0.1) is 11.8 Å². The molecule has 0 aliphatic heterocycles. The van der Waals surface area contributed by atoms with Gasteiger partial charge in [0.25, 0.3) is 0 Å². The summed E-state index contributed by atoms with van der Waals surface area (Å²) in [5, 5.41) is 20.3. The van der Waals surface area contributed by atoms with Crippen molar-refractivity contribution in [2.75, 3.05) is 6.61 Å². The predicted molar refractivity (Wildman–Crippen MR) is 162 cm³/mol. The van der Waals surface area contributed by atoms with E-state index >= 15 is 0 Å². The summed E-state index contributed by atoms with van der Waals surface area (Å²) in [5.41, 5.74) is 0.793. The van der Waals surface area contributed by atoms with Gasteiger partial charge in [-0.1, -0.05) is 46.8 Å². The van der Waals surface area contributed by atoms with E-state index in [1.807, 2.05) is 0 Å². The van der Waals surface area contributed by atoms with E-state index in [0.29, 0.717) is 36.2 Å². The van der Waals surface area contributed by atoms with E-state index in [1.165, 1.54) is 37.7 Å². The highest BCUT2D eigenvalue weighted by Crippen LogP contribution is 2.77. The van der Waals surface area contributed by atoms with Crippen LogP contribution >= 0.6 is 0 Å². The molecule has 0 amide bonds. The number of hydrogen-bond acceptors (Lipinski definition) is 4. The second-order valence-corrected chi connectivity index (χ2v) is 17.4. The van der Waals surface area contributed by atoms with Crippen LogP contribution in [-0.2, 0) is 14.3 Å². The van der Waals surface area contributed by atoms with E-state index in [9.17, 15) is 19.8 Å². The molecule has 5 fully saturated rings. The van der Waals surface area contributed by atoms with Gasteiger partial charge in [0.1, 0.15) is 6.10 Å². The van der Waals surface area contributed by atoms with Crippen LogP contribution in [0.4, 0.5) is 0 Å². The normalized spacial score (nSPS) is 46.9. The van der Waals surface area contributed by atoms with E-state index in [2.05, 4.69) is 48.1 Å². The molecule has 0 radical (unpaired) electrons. The van der Waals surface area contributed by atoms with Crippen molar-refractivity contribution in [3.63, 3.8) is 0 Å². The minimum atomic E-state index is -1.12. The molecular formula is C36H58O5. The fraction of sp³-hybridized carbons (Fsp3) is 0.889. The Labute approximate surface area is 249 Å². The van der Waals surface area contributed by atoms with Gasteiger partial charge in [-0.15, -0.1) is 0 Å². The molecule has 10 atom stereocenters. The zero-order valence-corrected chi connectivity index (χ0v) is 27.3. The van der Waals surface area contributed by atoms with Crippen molar-refractivity contribution in [2.24, 2.45) is 62.1 Å². The maximum absolute atomic E-state index is 12.9. The Morgan fingerprint density at radius 2 is 1.56 bits per heavy atom. The highest BCUT2D eigenvalue weighted by atomic mass is 16.5. The first-order valence-corrected chi connectivity index (χ1v) is 16.6. The summed E-state index contributed by atoms with van der Waals surface area (Å²) in [5.74, 6) is 1.46. The van der Waals surface area contributed by atoms with E-state index < -0.39 is 11.4 Å². The molecule has 0 spiro atoms. The molecule has 0 aromatic rings. The van der Waals surface area contributed by atoms with Crippen LogP contribution in [0.2, 0.25) is 0 Å². The molecule has 5 aliphatic rings. The number of esters is 1. The van der Waals surface area contributed by atoms with Gasteiger partial charge in [-0.25, -0.2) is 0 Å². The third-order valence-corrected chi connectivity index (χ3v) is 14.9. The van der Waals surface area contributed by atoms with E-state index in [4.69, 9.17) is 4.74 Å². The van der Waals surface area contributed by atoms with E-state index in [-0.39, 0.29) is 45.6 Å². The molecule has 5 nitrogen and oxygen atoms in total. The molecule has 0 aromatic carbocycles. The number of ether oxygens (including phenoxy) is 1. The lowest BCUT2D eigenvalue weighted by Crippen LogP contribution is -2.67. The third-order valence-electron chi connectivity index (χ3n) is 14.9. The number of carboxylic acid groups (broad SMARTS) is 1. The molecule has 5 aliphatic carbocycles. The summed E-state index contributed by atoms with van der Waals surface area (Å²) in [7, 11) is 0. The Morgan fingerprint density at radius 1 is 0.878 bits per heavy atom. The van der Waals surface area contributed by atoms with E-state index in [0.717, 1.165) is 32.1 Å². The maximum atomic E-state index is 12.9. The van der Waals surface area contributed by atoms with Gasteiger partial charge in [-0.2, -0.15) is 0 Å². The lowest BCUT2D eigenvalue weighted by atomic mass is 9.32. The Hall–Kier alpha value is -1.36. The number of fused-ring (bicyclic) bond motifs is 7. The highest BCUT2D eigenvalue weighted by molar-refractivity contribution is 5.81. The number of aliphatic carboxylic acids is 1. The van der Waals surface area contributed by atoms with Crippen molar-refractivity contribution in [3.8, 4) is 0 Å². The fourth-order valence-corrected chi connectivity index (χ4v) is 12.4. The molecule has 5 rings (SSSR count). The standard InChI is InChI=1S/C36H58O5/c1-22(2)23-12-17-36(21-37)19-18-34(8)24(29(23)36)10-11-26-33(7)15-14-27(41-28(38)20-31(3,4)30(39)40)32(5,6)25(33)13-16-35(26,34)9/h23-27,29,37H,1,10-21H2,2-9H3,(H,39,40)/t23-,24?,25?,26?,27-,29?,33-,34+,35+,36+/m0/s1. The molecule has 232 valence electrons. The van der Waals surface area contributed by atoms with Gasteiger partial charge in [-0.3, -0.25) is 9.59 Å². The lowest BCUT2D eigenvalue weighted by molar-refractivity contribution is -0.251. The highest BCUT2D eigenvalue weighted by Gasteiger charge is 2.71. The number of allylic oxidation sites excluding steroid dienone is 1. The van der Waals surface area contributed by atoms with Crippen molar-refractivity contribution in [2.45, 2.75) is 132 Å². The average Bonchev–Trinajstić information content (AvgIpc) is 3.26. The second kappa shape index (κ2) is 9.83. The predicted octanol–water partition coefficient (Wildman–Crippen LogP) is 8.05. The first-order valence-electron chi connectivity index (χ1n) is 16.6. The zero-order chi connectivity index (χ0) is 30.4. The third kappa shape index (κ3) is 4.32. The number of carbonyl (C=O) groups excluding carboxylic acids is 1. The lowest BCUT2D eigenvalue weighted by Gasteiger charge is -2.73. The molecule has 41 heavy (non-hydrogen) atoms. The minimum Gasteiger partial charge on any atom is -0.481 e. The van der Waals surface area contributed by atoms with Gasteiger partial charge >= 0.3 is 11.9 Å². The van der Waals surface area contributed by atoms with Gasteiger partial charge < -0.3 is 14.9 Å². The van der Waals surface area contributed by atoms with Crippen LogP contribution in [0, 0.1) is 62.1 Å². The summed E-state index contributed by atoms with van der Waals surface area (Å²) in [6, 6.07) is 0. The fourth-order valence-electron chi connectivity index (χ4n) is 12.4. The van der Waals surface area contributed by atoms with Crippen LogP contribution in [0.15, 0.2) is 12.2 Å². The smallest absolute Gasteiger partial charge is 0.309 e. The van der Waals surface area contributed by atoms with Gasteiger partial charge in [0.2, 0.25) is 0 Å². The number of aliphatic hydroxyl groups is 1. The van der Waals surface area contributed by atoms with Crippen LogP contribution in [-0.4, -0.2) is 34.9 Å². The zero-order valence-electron chi connectivity index (χ0n) is 27.3. The quantitative estimate of drug-likeness (QED) is 0.249. The molecule has 5 heteroatoms.